The molecule has 0 nitrogen and oxygen atoms in total. The number of rotatable bonds is 5. The third-order valence-corrected chi connectivity index (χ3v) is 16.5. The maximum Gasteiger partial charge on any atom is 0.153 e. The molecule has 3 aromatic rings. The van der Waals surface area contributed by atoms with Crippen molar-refractivity contribution in [2.75, 3.05) is 0 Å². The lowest BCUT2D eigenvalue weighted by Gasteiger charge is -2.38. The summed E-state index contributed by atoms with van der Waals surface area (Å²) in [4.78, 5) is 0. The highest BCUT2D eigenvalue weighted by Crippen LogP contribution is 2.62. The average molecular weight is 382 g/mol. The van der Waals surface area contributed by atoms with Crippen LogP contribution in [0.1, 0.15) is 6.92 Å². The van der Waals surface area contributed by atoms with Crippen molar-refractivity contribution in [1.82, 2.24) is 0 Å². The molecular weight excluding hydrogens is 355 g/mol. The van der Waals surface area contributed by atoms with Crippen LogP contribution in [-0.2, 0) is 0 Å². The monoisotopic (exact) mass is 381 g/mol. The molecule has 0 saturated carbocycles. The van der Waals surface area contributed by atoms with Crippen LogP contribution in [0.3, 0.4) is 0 Å². The molecule has 1 atom stereocenters. The van der Waals surface area contributed by atoms with E-state index in [2.05, 4.69) is 111 Å². The maximum absolute atomic E-state index is 5.16. The van der Waals surface area contributed by atoms with Gasteiger partial charge in [0.15, 0.2) is 7.22 Å². The first-order chi connectivity index (χ1) is 12.0. The van der Waals surface area contributed by atoms with Gasteiger partial charge < -0.3 is 0 Å². The van der Waals surface area contributed by atoms with Crippen molar-refractivity contribution in [1.29, 1.82) is 0 Å². The van der Waals surface area contributed by atoms with Crippen molar-refractivity contribution >= 4 is 42.5 Å². The molecule has 0 bridgehead atoms. The van der Waals surface area contributed by atoms with Gasteiger partial charge in [-0.15, -0.1) is 0 Å². The fraction of sp³-hybridized carbons (Fsp3) is 0.182. The van der Waals surface area contributed by atoms with Crippen molar-refractivity contribution in [3.05, 3.63) is 91.0 Å². The third-order valence-electron chi connectivity index (χ3n) is 5.09. The van der Waals surface area contributed by atoms with Gasteiger partial charge in [-0.1, -0.05) is 67.7 Å². The van der Waals surface area contributed by atoms with Gasteiger partial charge in [-0.05, 0) is 43.3 Å². The van der Waals surface area contributed by atoms with E-state index < -0.39 is 14.5 Å². The second-order valence-corrected chi connectivity index (χ2v) is 18.9. The Kier molecular flexibility index (Phi) is 5.53. The molecule has 0 radical (unpaired) electrons. The summed E-state index contributed by atoms with van der Waals surface area (Å²) in [5.41, 5.74) is 0. The number of hydrogen-bond donors (Lipinski definition) is 1. The van der Waals surface area contributed by atoms with Crippen LogP contribution in [-0.4, -0.2) is 12.5 Å². The van der Waals surface area contributed by atoms with Gasteiger partial charge in [0, 0.05) is 0 Å². The predicted molar refractivity (Wildman–Crippen MR) is 121 cm³/mol. The van der Waals surface area contributed by atoms with Crippen LogP contribution in [0, 0.1) is 0 Å². The fourth-order valence-electron chi connectivity index (χ4n) is 3.58. The first-order valence-corrected chi connectivity index (χ1v) is 15.0. The van der Waals surface area contributed by atoms with Gasteiger partial charge in [0.05, 0.1) is 5.28 Å². The van der Waals surface area contributed by atoms with Gasteiger partial charge in [-0.25, -0.2) is 0 Å². The molecule has 0 N–H and O–H groups in total. The molecule has 128 valence electrons. The molecule has 0 aliphatic rings. The molecule has 25 heavy (non-hydrogen) atoms. The van der Waals surface area contributed by atoms with E-state index in [0.29, 0.717) is 5.28 Å². The lowest BCUT2D eigenvalue weighted by molar-refractivity contribution is 1.30. The van der Waals surface area contributed by atoms with Crippen LogP contribution in [0.4, 0.5) is 0 Å². The number of thiol groups is 1. The van der Waals surface area contributed by atoms with E-state index in [0.717, 1.165) is 0 Å². The van der Waals surface area contributed by atoms with Crippen molar-refractivity contribution in [3.8, 4) is 0 Å². The first-order valence-electron chi connectivity index (χ1n) is 8.75. The SMILES string of the molecule is CC([Si](C)(C)S)[P+](c1ccccc1)(c1ccccc1)c1ccccc1. The van der Waals surface area contributed by atoms with Gasteiger partial charge >= 0.3 is 0 Å². The molecule has 0 spiro atoms. The van der Waals surface area contributed by atoms with E-state index in [1.54, 1.807) is 0 Å². The Morgan fingerprint density at radius 3 is 1.16 bits per heavy atom. The minimum atomic E-state index is -1.78. The van der Waals surface area contributed by atoms with Crippen LogP contribution in [0.2, 0.25) is 13.1 Å². The molecular formula is C22H26PSSi+. The molecule has 0 fully saturated rings. The molecule has 3 aromatic carbocycles. The summed E-state index contributed by atoms with van der Waals surface area (Å²) in [7, 11) is -3.48. The molecule has 3 heteroatoms. The molecule has 0 aliphatic carbocycles. The Hall–Kier alpha value is -1.34. The minimum Gasteiger partial charge on any atom is -0.197 e. The molecule has 3 rings (SSSR count). The highest BCUT2D eigenvalue weighted by molar-refractivity contribution is 8.17. The summed E-state index contributed by atoms with van der Waals surface area (Å²) in [5, 5.41) is 4.88. The van der Waals surface area contributed by atoms with E-state index in [-0.39, 0.29) is 0 Å². The average Bonchev–Trinajstić information content (AvgIpc) is 2.64. The van der Waals surface area contributed by atoms with Crippen LogP contribution in [0.5, 0.6) is 0 Å². The standard InChI is InChI=1S/C22H26PSSi/c1-19(25(2,3)24)23(20-13-7-4-8-14-20,21-15-9-5-10-16-21)22-17-11-6-12-18-22/h4-19,24H,1-3H3/q+1. The Morgan fingerprint density at radius 1 is 0.640 bits per heavy atom. The van der Waals surface area contributed by atoms with Crippen LogP contribution in [0.25, 0.3) is 0 Å². The number of hydrogen-bond acceptors (Lipinski definition) is 1. The molecule has 0 aromatic heterocycles. The Morgan fingerprint density at radius 2 is 0.920 bits per heavy atom. The summed E-state index contributed by atoms with van der Waals surface area (Å²) in [6.07, 6.45) is 0. The molecule has 0 aliphatic heterocycles. The van der Waals surface area contributed by atoms with Gasteiger partial charge in [0.25, 0.3) is 0 Å². The second kappa shape index (κ2) is 7.49. The van der Waals surface area contributed by atoms with Gasteiger partial charge in [-0.2, -0.15) is 12.1 Å². The van der Waals surface area contributed by atoms with Gasteiger partial charge in [0.2, 0.25) is 0 Å². The zero-order chi connectivity index (χ0) is 17.9. The van der Waals surface area contributed by atoms with Crippen molar-refractivity contribution in [2.45, 2.75) is 25.3 Å². The zero-order valence-corrected chi connectivity index (χ0v) is 17.9. The first kappa shape index (κ1) is 18.4. The van der Waals surface area contributed by atoms with Crippen molar-refractivity contribution < 1.29 is 0 Å². The number of benzene rings is 3. The van der Waals surface area contributed by atoms with E-state index in [1.165, 1.54) is 15.9 Å². The second-order valence-electron chi connectivity index (χ2n) is 7.06. The molecule has 0 amide bonds. The van der Waals surface area contributed by atoms with E-state index in [1.807, 2.05) is 0 Å². The lowest BCUT2D eigenvalue weighted by atomic mass is 10.4. The normalized spacial score (nSPS) is 13.4. The maximum atomic E-state index is 5.16. The van der Waals surface area contributed by atoms with Gasteiger partial charge in [-0.3, -0.25) is 0 Å². The zero-order valence-electron chi connectivity index (χ0n) is 15.1. The topological polar surface area (TPSA) is 0 Å². The summed E-state index contributed by atoms with van der Waals surface area (Å²) >= 11 is 5.16. The summed E-state index contributed by atoms with van der Waals surface area (Å²) in [6.45, 7) is 7.19. The molecule has 0 heterocycles. The predicted octanol–water partition coefficient (Wildman–Crippen LogP) is 5.04. The molecule has 1 unspecified atom stereocenters. The minimum absolute atomic E-state index is 0.524. The van der Waals surface area contributed by atoms with E-state index in [9.17, 15) is 0 Å². The van der Waals surface area contributed by atoms with Crippen LogP contribution in [0.15, 0.2) is 91.0 Å². The van der Waals surface area contributed by atoms with E-state index >= 15 is 0 Å². The fourth-order valence-corrected chi connectivity index (χ4v) is 14.4. The Balaban J connectivity index is 2.40. The molecule has 0 saturated heterocycles. The summed E-state index contributed by atoms with van der Waals surface area (Å²) in [5.74, 6) is 0. The highest BCUT2D eigenvalue weighted by Gasteiger charge is 2.55. The van der Waals surface area contributed by atoms with Gasteiger partial charge in [0.1, 0.15) is 23.2 Å². The largest absolute Gasteiger partial charge is 0.197 e. The highest BCUT2D eigenvalue weighted by atomic mass is 32.3. The Bertz CT molecular complexity index is 701. The van der Waals surface area contributed by atoms with Crippen molar-refractivity contribution in [3.63, 3.8) is 0 Å². The third kappa shape index (κ3) is 3.49. The van der Waals surface area contributed by atoms with Crippen LogP contribution >= 0.6 is 19.3 Å². The Labute approximate surface area is 158 Å². The lowest BCUT2D eigenvalue weighted by Crippen LogP contribution is -2.47. The summed E-state index contributed by atoms with van der Waals surface area (Å²) < 4.78 is 0. The summed E-state index contributed by atoms with van der Waals surface area (Å²) in [6, 6.07) is 33.3. The quantitative estimate of drug-likeness (QED) is 0.357. The smallest absolute Gasteiger partial charge is 0.153 e. The van der Waals surface area contributed by atoms with Crippen LogP contribution < -0.4 is 15.9 Å². The van der Waals surface area contributed by atoms with E-state index in [4.69, 9.17) is 12.1 Å². The van der Waals surface area contributed by atoms with Crippen molar-refractivity contribution in [2.24, 2.45) is 0 Å².